The quantitative estimate of drug-likeness (QED) is 0.753. The number of piperazine rings is 1. The summed E-state index contributed by atoms with van der Waals surface area (Å²) in [5, 5.41) is 8.83. The third kappa shape index (κ3) is 3.70. The van der Waals surface area contributed by atoms with Gasteiger partial charge in [0.1, 0.15) is 5.82 Å². The SMILES string of the molecule is CC(=O)c1c(F)cccc1N1CCN(S(=O)(=O)c2ccc(C#N)cc2)CC1. The molecule has 3 rings (SSSR count). The molecule has 0 bridgehead atoms. The van der Waals surface area contributed by atoms with Crippen molar-refractivity contribution < 1.29 is 17.6 Å². The Bertz CT molecular complexity index is 1010. The van der Waals surface area contributed by atoms with Crippen LogP contribution < -0.4 is 4.90 Å². The van der Waals surface area contributed by atoms with Gasteiger partial charge in [-0.2, -0.15) is 9.57 Å². The summed E-state index contributed by atoms with van der Waals surface area (Å²) in [6.45, 7) is 2.44. The van der Waals surface area contributed by atoms with Crippen molar-refractivity contribution in [1.29, 1.82) is 5.26 Å². The first-order chi connectivity index (χ1) is 12.8. The molecule has 1 heterocycles. The summed E-state index contributed by atoms with van der Waals surface area (Å²) in [4.78, 5) is 13.7. The minimum Gasteiger partial charge on any atom is -0.368 e. The lowest BCUT2D eigenvalue weighted by Crippen LogP contribution is -2.49. The normalized spacial score (nSPS) is 15.4. The molecule has 0 atom stereocenters. The van der Waals surface area contributed by atoms with Gasteiger partial charge in [0.05, 0.1) is 27.8 Å². The zero-order valence-electron chi connectivity index (χ0n) is 14.7. The van der Waals surface area contributed by atoms with Gasteiger partial charge in [-0.1, -0.05) is 6.07 Å². The number of sulfonamides is 1. The van der Waals surface area contributed by atoms with Gasteiger partial charge in [-0.15, -0.1) is 0 Å². The fourth-order valence-electron chi connectivity index (χ4n) is 3.14. The topological polar surface area (TPSA) is 81.5 Å². The number of carbonyl (C=O) groups is 1. The highest BCUT2D eigenvalue weighted by Crippen LogP contribution is 2.26. The molecule has 2 aromatic carbocycles. The lowest BCUT2D eigenvalue weighted by molar-refractivity contribution is 0.101. The summed E-state index contributed by atoms with van der Waals surface area (Å²) in [6.07, 6.45) is 0. The molecule has 27 heavy (non-hydrogen) atoms. The molecule has 0 aromatic heterocycles. The second-order valence-electron chi connectivity index (χ2n) is 6.22. The maximum absolute atomic E-state index is 14.0. The van der Waals surface area contributed by atoms with E-state index in [-0.39, 0.29) is 29.3 Å². The van der Waals surface area contributed by atoms with Crippen molar-refractivity contribution in [3.05, 3.63) is 59.4 Å². The van der Waals surface area contributed by atoms with Crippen LogP contribution in [0.2, 0.25) is 0 Å². The third-order valence-corrected chi connectivity index (χ3v) is 6.46. The van der Waals surface area contributed by atoms with E-state index in [0.717, 1.165) is 0 Å². The fourth-order valence-corrected chi connectivity index (χ4v) is 4.57. The number of anilines is 1. The highest BCUT2D eigenvalue weighted by atomic mass is 32.2. The molecule has 6 nitrogen and oxygen atoms in total. The molecule has 1 aliphatic rings. The number of nitrogens with zero attached hydrogens (tertiary/aromatic N) is 3. The Balaban J connectivity index is 1.78. The zero-order chi connectivity index (χ0) is 19.6. The molecule has 0 radical (unpaired) electrons. The first kappa shape index (κ1) is 19.0. The van der Waals surface area contributed by atoms with Gasteiger partial charge in [-0.3, -0.25) is 4.79 Å². The monoisotopic (exact) mass is 387 g/mol. The van der Waals surface area contributed by atoms with Crippen molar-refractivity contribution in [3.63, 3.8) is 0 Å². The molecular weight excluding hydrogens is 369 g/mol. The van der Waals surface area contributed by atoms with Crippen LogP contribution in [0.3, 0.4) is 0 Å². The summed E-state index contributed by atoms with van der Waals surface area (Å²) >= 11 is 0. The van der Waals surface area contributed by atoms with Crippen LogP contribution in [0.25, 0.3) is 0 Å². The van der Waals surface area contributed by atoms with E-state index in [4.69, 9.17) is 5.26 Å². The Morgan fingerprint density at radius 3 is 2.26 bits per heavy atom. The van der Waals surface area contributed by atoms with E-state index in [1.807, 2.05) is 11.0 Å². The number of hydrogen-bond acceptors (Lipinski definition) is 5. The standard InChI is InChI=1S/C19H18FN3O3S/c1-14(24)19-17(20)3-2-4-18(19)22-9-11-23(12-10-22)27(25,26)16-7-5-15(13-21)6-8-16/h2-8H,9-12H2,1H3. The minimum atomic E-state index is -3.67. The maximum Gasteiger partial charge on any atom is 0.243 e. The second kappa shape index (κ2) is 7.47. The Hall–Kier alpha value is -2.76. The van der Waals surface area contributed by atoms with Crippen LogP contribution in [-0.4, -0.2) is 44.7 Å². The second-order valence-corrected chi connectivity index (χ2v) is 8.16. The number of ketones is 1. The molecule has 0 N–H and O–H groups in total. The first-order valence-electron chi connectivity index (χ1n) is 8.39. The predicted molar refractivity (Wildman–Crippen MR) is 98.5 cm³/mol. The number of hydrogen-bond donors (Lipinski definition) is 0. The van der Waals surface area contributed by atoms with Crippen LogP contribution in [0.5, 0.6) is 0 Å². The van der Waals surface area contributed by atoms with Crippen molar-refractivity contribution in [2.24, 2.45) is 0 Å². The number of benzene rings is 2. The Labute approximate surface area is 157 Å². The lowest BCUT2D eigenvalue weighted by Gasteiger charge is -2.36. The largest absolute Gasteiger partial charge is 0.368 e. The van der Waals surface area contributed by atoms with Crippen molar-refractivity contribution in [2.45, 2.75) is 11.8 Å². The highest BCUT2D eigenvalue weighted by molar-refractivity contribution is 7.89. The van der Waals surface area contributed by atoms with Crippen molar-refractivity contribution in [3.8, 4) is 6.07 Å². The van der Waals surface area contributed by atoms with Gasteiger partial charge >= 0.3 is 0 Å². The first-order valence-corrected chi connectivity index (χ1v) is 9.83. The van der Waals surface area contributed by atoms with Crippen LogP contribution >= 0.6 is 0 Å². The molecule has 0 spiro atoms. The summed E-state index contributed by atoms with van der Waals surface area (Å²) in [5.41, 5.74) is 0.903. The van der Waals surface area contributed by atoms with Crippen molar-refractivity contribution >= 4 is 21.5 Å². The smallest absolute Gasteiger partial charge is 0.243 e. The zero-order valence-corrected chi connectivity index (χ0v) is 15.5. The number of halogens is 1. The van der Waals surface area contributed by atoms with E-state index in [2.05, 4.69) is 0 Å². The Morgan fingerprint density at radius 2 is 1.70 bits per heavy atom. The number of rotatable bonds is 4. The average Bonchev–Trinajstić information content (AvgIpc) is 2.67. The molecule has 1 aliphatic heterocycles. The van der Waals surface area contributed by atoms with E-state index < -0.39 is 15.8 Å². The molecule has 0 aliphatic carbocycles. The van der Waals surface area contributed by atoms with Crippen LogP contribution in [0.1, 0.15) is 22.8 Å². The van der Waals surface area contributed by atoms with E-state index in [9.17, 15) is 17.6 Å². The molecule has 8 heteroatoms. The lowest BCUT2D eigenvalue weighted by atomic mass is 10.1. The molecule has 140 valence electrons. The predicted octanol–water partition coefficient (Wildman–Crippen LogP) is 2.41. The van der Waals surface area contributed by atoms with Gasteiger partial charge in [-0.25, -0.2) is 12.8 Å². The molecule has 0 saturated carbocycles. The van der Waals surface area contributed by atoms with Gasteiger partial charge in [0.2, 0.25) is 10.0 Å². The summed E-state index contributed by atoms with van der Waals surface area (Å²) < 4.78 is 40.9. The molecular formula is C19H18FN3O3S. The van der Waals surface area contributed by atoms with Crippen LogP contribution in [0, 0.1) is 17.1 Å². The van der Waals surface area contributed by atoms with Gasteiger partial charge in [0.15, 0.2) is 5.78 Å². The van der Waals surface area contributed by atoms with Gasteiger partial charge in [-0.05, 0) is 43.3 Å². The van der Waals surface area contributed by atoms with Crippen molar-refractivity contribution in [2.75, 3.05) is 31.1 Å². The van der Waals surface area contributed by atoms with Gasteiger partial charge in [0.25, 0.3) is 0 Å². The van der Waals surface area contributed by atoms with E-state index in [1.54, 1.807) is 6.07 Å². The average molecular weight is 387 g/mol. The van der Waals surface area contributed by atoms with E-state index >= 15 is 0 Å². The summed E-state index contributed by atoms with van der Waals surface area (Å²) in [7, 11) is -3.67. The number of Topliss-reactive ketones (excluding diaryl/α,β-unsaturated/α-hetero) is 1. The Morgan fingerprint density at radius 1 is 1.07 bits per heavy atom. The third-order valence-electron chi connectivity index (χ3n) is 4.54. The maximum atomic E-state index is 14.0. The molecule has 0 unspecified atom stereocenters. The van der Waals surface area contributed by atoms with Crippen LogP contribution in [0.4, 0.5) is 10.1 Å². The summed E-state index contributed by atoms with van der Waals surface area (Å²) in [5.74, 6) is -0.941. The van der Waals surface area contributed by atoms with Crippen LogP contribution in [0.15, 0.2) is 47.4 Å². The van der Waals surface area contributed by atoms with E-state index in [1.165, 1.54) is 47.6 Å². The van der Waals surface area contributed by atoms with Crippen molar-refractivity contribution in [1.82, 2.24) is 4.31 Å². The summed E-state index contributed by atoms with van der Waals surface area (Å²) in [6, 6.07) is 12.2. The Kier molecular flexibility index (Phi) is 5.26. The molecule has 0 amide bonds. The minimum absolute atomic E-state index is 0.0286. The van der Waals surface area contributed by atoms with E-state index in [0.29, 0.717) is 24.3 Å². The highest BCUT2D eigenvalue weighted by Gasteiger charge is 2.30. The number of carbonyl (C=O) groups excluding carboxylic acids is 1. The molecule has 1 saturated heterocycles. The van der Waals surface area contributed by atoms with Gasteiger partial charge < -0.3 is 4.90 Å². The fraction of sp³-hybridized carbons (Fsp3) is 0.263. The number of nitriles is 1. The van der Waals surface area contributed by atoms with Gasteiger partial charge in [0, 0.05) is 26.2 Å². The van der Waals surface area contributed by atoms with Crippen LogP contribution in [-0.2, 0) is 10.0 Å². The molecule has 1 fully saturated rings. The molecule has 2 aromatic rings.